The number of aromatic nitrogens is 3. The molecule has 1 unspecified atom stereocenters. The van der Waals surface area contributed by atoms with Gasteiger partial charge in [0, 0.05) is 49.3 Å². The average Bonchev–Trinajstić information content (AvgIpc) is 3.61. The van der Waals surface area contributed by atoms with Crippen molar-refractivity contribution in [2.24, 2.45) is 0 Å². The Bertz CT molecular complexity index is 1230. The zero-order chi connectivity index (χ0) is 23.3. The van der Waals surface area contributed by atoms with Crippen molar-refractivity contribution in [2.75, 3.05) is 23.8 Å². The third-order valence-corrected chi connectivity index (χ3v) is 6.93. The Kier molecular flexibility index (Phi) is 6.69. The lowest BCUT2D eigenvalue weighted by Gasteiger charge is -2.25. The second kappa shape index (κ2) is 10.2. The topological polar surface area (TPSA) is 75.1 Å². The summed E-state index contributed by atoms with van der Waals surface area (Å²) in [6, 6.07) is 16.6. The van der Waals surface area contributed by atoms with Crippen molar-refractivity contribution in [3.8, 4) is 0 Å². The Hall–Kier alpha value is -3.49. The van der Waals surface area contributed by atoms with Crippen molar-refractivity contribution in [3.05, 3.63) is 95.0 Å². The average molecular weight is 473 g/mol. The smallest absolute Gasteiger partial charge is 0.274 e. The lowest BCUT2D eigenvalue weighted by molar-refractivity contribution is 0.101. The Morgan fingerprint density at radius 3 is 2.74 bits per heavy atom. The van der Waals surface area contributed by atoms with Crippen LogP contribution in [0.4, 0.5) is 10.8 Å². The maximum absolute atomic E-state index is 13.0. The number of thiazole rings is 1. The van der Waals surface area contributed by atoms with Crippen LogP contribution in [0.5, 0.6) is 0 Å². The molecule has 4 aromatic rings. The number of nitrogens with zero attached hydrogens (tertiary/aromatic N) is 4. The lowest BCUT2D eigenvalue weighted by Crippen LogP contribution is -2.23. The number of hydrogen-bond acceptors (Lipinski definition) is 6. The van der Waals surface area contributed by atoms with E-state index in [9.17, 15) is 4.79 Å². The van der Waals surface area contributed by atoms with Crippen LogP contribution in [0.15, 0.2) is 72.5 Å². The first kappa shape index (κ1) is 22.3. The van der Waals surface area contributed by atoms with Crippen LogP contribution in [-0.2, 0) is 13.1 Å². The van der Waals surface area contributed by atoms with E-state index in [1.807, 2.05) is 42.1 Å². The minimum atomic E-state index is -0.150. The van der Waals surface area contributed by atoms with Gasteiger partial charge in [0.25, 0.3) is 5.91 Å². The molecular weight excluding hydrogens is 444 g/mol. The van der Waals surface area contributed by atoms with E-state index in [4.69, 9.17) is 4.98 Å². The molecule has 0 spiro atoms. The highest BCUT2D eigenvalue weighted by atomic mass is 32.1. The third-order valence-electron chi connectivity index (χ3n) is 6.15. The van der Waals surface area contributed by atoms with E-state index in [1.54, 1.807) is 12.4 Å². The Balaban J connectivity index is 1.27. The minimum Gasteiger partial charge on any atom is -0.363 e. The molecule has 1 atom stereocenters. The second-order valence-corrected chi connectivity index (χ2v) is 9.31. The van der Waals surface area contributed by atoms with E-state index in [1.165, 1.54) is 22.6 Å². The van der Waals surface area contributed by atoms with E-state index in [-0.39, 0.29) is 11.9 Å². The fraction of sp³-hybridized carbons (Fsp3) is 0.269. The molecule has 1 aliphatic rings. The summed E-state index contributed by atoms with van der Waals surface area (Å²) in [6.45, 7) is 2.49. The van der Waals surface area contributed by atoms with Gasteiger partial charge in [-0.15, -0.1) is 11.3 Å². The molecule has 1 aliphatic heterocycles. The number of anilines is 2. The Morgan fingerprint density at radius 2 is 1.94 bits per heavy atom. The number of rotatable bonds is 8. The van der Waals surface area contributed by atoms with Gasteiger partial charge >= 0.3 is 0 Å². The third kappa shape index (κ3) is 4.88. The van der Waals surface area contributed by atoms with Gasteiger partial charge in [-0.2, -0.15) is 0 Å². The highest BCUT2D eigenvalue weighted by Crippen LogP contribution is 2.37. The normalized spacial score (nSPS) is 15.6. The number of benzene rings is 1. The number of pyridine rings is 1. The summed E-state index contributed by atoms with van der Waals surface area (Å²) in [6.07, 6.45) is 7.63. The SMILES string of the molecule is CNCc1ccc(N2CCCC2c2csc(NC(=O)c3cccn3Cc3ccncc3)n2)cc1. The second-order valence-electron chi connectivity index (χ2n) is 8.46. The first-order valence-electron chi connectivity index (χ1n) is 11.5. The summed E-state index contributed by atoms with van der Waals surface area (Å²) >= 11 is 1.48. The van der Waals surface area contributed by atoms with Crippen LogP contribution < -0.4 is 15.5 Å². The van der Waals surface area contributed by atoms with E-state index in [0.717, 1.165) is 37.2 Å². The van der Waals surface area contributed by atoms with E-state index >= 15 is 0 Å². The fourth-order valence-corrected chi connectivity index (χ4v) is 5.25. The van der Waals surface area contributed by atoms with Crippen LogP contribution in [0, 0.1) is 0 Å². The molecule has 1 saturated heterocycles. The predicted octanol–water partition coefficient (Wildman–Crippen LogP) is 4.70. The van der Waals surface area contributed by atoms with Gasteiger partial charge < -0.3 is 14.8 Å². The summed E-state index contributed by atoms with van der Waals surface area (Å²) in [5.41, 5.74) is 5.21. The van der Waals surface area contributed by atoms with Gasteiger partial charge in [-0.3, -0.25) is 15.1 Å². The molecule has 34 heavy (non-hydrogen) atoms. The number of hydrogen-bond donors (Lipinski definition) is 2. The van der Waals surface area contributed by atoms with Crippen molar-refractivity contribution in [3.63, 3.8) is 0 Å². The molecule has 1 amide bonds. The highest BCUT2D eigenvalue weighted by Gasteiger charge is 2.28. The van der Waals surface area contributed by atoms with Crippen molar-refractivity contribution in [2.45, 2.75) is 32.0 Å². The molecule has 4 heterocycles. The van der Waals surface area contributed by atoms with Crippen molar-refractivity contribution in [1.29, 1.82) is 0 Å². The zero-order valence-electron chi connectivity index (χ0n) is 19.1. The quantitative estimate of drug-likeness (QED) is 0.389. The van der Waals surface area contributed by atoms with Crippen LogP contribution >= 0.6 is 11.3 Å². The summed E-state index contributed by atoms with van der Waals surface area (Å²) < 4.78 is 1.94. The van der Waals surface area contributed by atoms with Gasteiger partial charge in [-0.1, -0.05) is 12.1 Å². The summed E-state index contributed by atoms with van der Waals surface area (Å²) in [7, 11) is 1.96. The molecule has 8 heteroatoms. The van der Waals surface area contributed by atoms with Gasteiger partial charge in [0.2, 0.25) is 0 Å². The summed E-state index contributed by atoms with van der Waals surface area (Å²) in [5.74, 6) is -0.150. The van der Waals surface area contributed by atoms with Crippen LogP contribution in [0.1, 0.15) is 46.2 Å². The van der Waals surface area contributed by atoms with Crippen molar-refractivity contribution >= 4 is 28.1 Å². The molecular formula is C26H28N6OS. The molecule has 1 fully saturated rings. The summed E-state index contributed by atoms with van der Waals surface area (Å²) in [5, 5.41) is 8.90. The number of amides is 1. The van der Waals surface area contributed by atoms with Crippen molar-refractivity contribution in [1.82, 2.24) is 19.9 Å². The predicted molar refractivity (Wildman–Crippen MR) is 136 cm³/mol. The van der Waals surface area contributed by atoms with Crippen LogP contribution in [0.3, 0.4) is 0 Å². The molecule has 0 saturated carbocycles. The maximum Gasteiger partial charge on any atom is 0.274 e. The van der Waals surface area contributed by atoms with E-state index < -0.39 is 0 Å². The van der Waals surface area contributed by atoms with Crippen LogP contribution in [-0.4, -0.2) is 34.0 Å². The standard InChI is InChI=1S/C26H28N6OS/c1-27-16-19-6-8-21(9-7-19)32-15-3-4-23(32)22-18-34-26(29-22)30-25(33)24-5-2-14-31(24)17-20-10-12-28-13-11-20/h2,5-14,18,23,27H,3-4,15-17H2,1H3,(H,29,30,33). The zero-order valence-corrected chi connectivity index (χ0v) is 20.0. The number of nitrogens with one attached hydrogen (secondary N) is 2. The van der Waals surface area contributed by atoms with E-state index in [2.05, 4.69) is 50.2 Å². The maximum atomic E-state index is 13.0. The molecule has 3 aromatic heterocycles. The first-order valence-corrected chi connectivity index (χ1v) is 12.4. The lowest BCUT2D eigenvalue weighted by atomic mass is 10.1. The highest BCUT2D eigenvalue weighted by molar-refractivity contribution is 7.14. The molecule has 1 aromatic carbocycles. The fourth-order valence-electron chi connectivity index (χ4n) is 4.49. The van der Waals surface area contributed by atoms with Crippen molar-refractivity contribution < 1.29 is 4.79 Å². The Labute approximate surface area is 203 Å². The van der Waals surface area contributed by atoms with Gasteiger partial charge in [0.05, 0.1) is 11.7 Å². The molecule has 5 rings (SSSR count). The first-order chi connectivity index (χ1) is 16.7. The molecule has 0 aliphatic carbocycles. The monoisotopic (exact) mass is 472 g/mol. The van der Waals surface area contributed by atoms with Gasteiger partial charge in [-0.05, 0) is 67.4 Å². The number of carbonyl (C=O) groups is 1. The molecule has 7 nitrogen and oxygen atoms in total. The van der Waals surface area contributed by atoms with Gasteiger partial charge in [0.15, 0.2) is 5.13 Å². The largest absolute Gasteiger partial charge is 0.363 e. The molecule has 174 valence electrons. The number of carbonyl (C=O) groups excluding carboxylic acids is 1. The molecule has 0 radical (unpaired) electrons. The van der Waals surface area contributed by atoms with Crippen LogP contribution in [0.25, 0.3) is 0 Å². The van der Waals surface area contributed by atoms with E-state index in [0.29, 0.717) is 17.4 Å². The van der Waals surface area contributed by atoms with Crippen LogP contribution in [0.2, 0.25) is 0 Å². The molecule has 0 bridgehead atoms. The summed E-state index contributed by atoms with van der Waals surface area (Å²) in [4.78, 5) is 24.3. The Morgan fingerprint density at radius 1 is 1.12 bits per heavy atom. The van der Waals surface area contributed by atoms with Gasteiger partial charge in [0.1, 0.15) is 5.69 Å². The molecule has 2 N–H and O–H groups in total. The minimum absolute atomic E-state index is 0.150. The van der Waals surface area contributed by atoms with Gasteiger partial charge in [-0.25, -0.2) is 4.98 Å².